The molecule has 0 fully saturated rings. The largest absolute Gasteiger partial charge is 0.398 e. The molecule has 2 rings (SSSR count). The molecule has 0 unspecified atom stereocenters. The fourth-order valence-corrected chi connectivity index (χ4v) is 3.13. The average molecular weight is 246 g/mol. The van der Waals surface area contributed by atoms with Crippen molar-refractivity contribution in [2.75, 3.05) is 12.3 Å². The summed E-state index contributed by atoms with van der Waals surface area (Å²) in [6.07, 6.45) is 0. The molecular weight excluding hydrogens is 220 g/mol. The number of nitrogens with two attached hydrogens (primary N) is 1. The van der Waals surface area contributed by atoms with E-state index in [-0.39, 0.29) is 0 Å². The SMILES string of the molecule is CC(C)C(CN1Cc2cccc(N)c2C1)C(C)C. The molecule has 0 saturated heterocycles. The summed E-state index contributed by atoms with van der Waals surface area (Å²) in [6.45, 7) is 12.6. The van der Waals surface area contributed by atoms with Gasteiger partial charge in [-0.25, -0.2) is 0 Å². The lowest BCUT2D eigenvalue weighted by atomic mass is 9.85. The molecule has 1 heterocycles. The summed E-state index contributed by atoms with van der Waals surface area (Å²) in [5.41, 5.74) is 9.79. The second-order valence-electron chi connectivity index (χ2n) is 6.31. The van der Waals surface area contributed by atoms with Crippen molar-refractivity contribution in [2.45, 2.75) is 40.8 Å². The maximum atomic E-state index is 6.06. The Kier molecular flexibility index (Phi) is 3.96. The van der Waals surface area contributed by atoms with E-state index in [1.807, 2.05) is 6.07 Å². The van der Waals surface area contributed by atoms with Gasteiger partial charge in [0.05, 0.1) is 0 Å². The molecule has 0 radical (unpaired) electrons. The number of nitrogen functional groups attached to an aromatic ring is 1. The Hall–Kier alpha value is -1.02. The molecule has 2 heteroatoms. The lowest BCUT2D eigenvalue weighted by Crippen LogP contribution is -2.30. The molecule has 18 heavy (non-hydrogen) atoms. The topological polar surface area (TPSA) is 29.3 Å². The standard InChI is InChI=1S/C16H26N2/c1-11(2)14(12(3)4)9-18-8-13-6-5-7-16(17)15(13)10-18/h5-7,11-12,14H,8-10,17H2,1-4H3. The molecule has 0 amide bonds. The molecule has 0 bridgehead atoms. The molecule has 2 nitrogen and oxygen atoms in total. The second kappa shape index (κ2) is 5.31. The van der Waals surface area contributed by atoms with Crippen molar-refractivity contribution in [1.82, 2.24) is 4.90 Å². The van der Waals surface area contributed by atoms with Gasteiger partial charge in [0, 0.05) is 25.3 Å². The Morgan fingerprint density at radius 1 is 1.11 bits per heavy atom. The number of anilines is 1. The summed E-state index contributed by atoms with van der Waals surface area (Å²) in [4.78, 5) is 2.55. The Labute approximate surface area is 111 Å². The molecule has 0 aliphatic carbocycles. The van der Waals surface area contributed by atoms with Crippen LogP contribution in [-0.4, -0.2) is 11.4 Å². The van der Waals surface area contributed by atoms with E-state index in [1.165, 1.54) is 17.7 Å². The number of benzene rings is 1. The Bertz CT molecular complexity index is 402. The van der Waals surface area contributed by atoms with E-state index in [1.54, 1.807) is 0 Å². The Morgan fingerprint density at radius 3 is 2.33 bits per heavy atom. The lowest BCUT2D eigenvalue weighted by Gasteiger charge is -2.29. The minimum atomic E-state index is 0.742. The molecule has 1 aromatic carbocycles. The van der Waals surface area contributed by atoms with Crippen LogP contribution in [-0.2, 0) is 13.1 Å². The molecule has 1 aliphatic rings. The van der Waals surface area contributed by atoms with Crippen LogP contribution in [0.25, 0.3) is 0 Å². The van der Waals surface area contributed by atoms with Crippen LogP contribution in [0.4, 0.5) is 5.69 Å². The van der Waals surface area contributed by atoms with Gasteiger partial charge in [0.2, 0.25) is 0 Å². The smallest absolute Gasteiger partial charge is 0.0363 e. The van der Waals surface area contributed by atoms with Crippen LogP contribution >= 0.6 is 0 Å². The summed E-state index contributed by atoms with van der Waals surface area (Å²) in [5.74, 6) is 2.25. The monoisotopic (exact) mass is 246 g/mol. The summed E-state index contributed by atoms with van der Waals surface area (Å²) in [5, 5.41) is 0. The molecule has 1 aliphatic heterocycles. The molecule has 0 aromatic heterocycles. The lowest BCUT2D eigenvalue weighted by molar-refractivity contribution is 0.166. The van der Waals surface area contributed by atoms with Crippen LogP contribution in [0.2, 0.25) is 0 Å². The summed E-state index contributed by atoms with van der Waals surface area (Å²) in [6, 6.07) is 6.30. The zero-order valence-corrected chi connectivity index (χ0v) is 12.1. The highest BCUT2D eigenvalue weighted by molar-refractivity contribution is 5.52. The maximum absolute atomic E-state index is 6.06. The van der Waals surface area contributed by atoms with Crippen molar-refractivity contribution in [2.24, 2.45) is 17.8 Å². The second-order valence-corrected chi connectivity index (χ2v) is 6.31. The van der Waals surface area contributed by atoms with Gasteiger partial charge in [-0.3, -0.25) is 4.90 Å². The Balaban J connectivity index is 2.05. The predicted molar refractivity (Wildman–Crippen MR) is 78.1 cm³/mol. The molecular formula is C16H26N2. The van der Waals surface area contributed by atoms with Crippen molar-refractivity contribution in [3.05, 3.63) is 29.3 Å². The first-order valence-corrected chi connectivity index (χ1v) is 7.07. The highest BCUT2D eigenvalue weighted by Gasteiger charge is 2.26. The molecule has 0 spiro atoms. The molecule has 0 atom stereocenters. The fraction of sp³-hybridized carbons (Fsp3) is 0.625. The molecule has 0 saturated carbocycles. The van der Waals surface area contributed by atoms with Gasteiger partial charge in [0.1, 0.15) is 0 Å². The van der Waals surface area contributed by atoms with Gasteiger partial charge in [-0.2, -0.15) is 0 Å². The van der Waals surface area contributed by atoms with E-state index in [4.69, 9.17) is 5.73 Å². The first-order valence-electron chi connectivity index (χ1n) is 7.07. The number of fused-ring (bicyclic) bond motifs is 1. The molecule has 2 N–H and O–H groups in total. The number of hydrogen-bond acceptors (Lipinski definition) is 2. The van der Waals surface area contributed by atoms with Gasteiger partial charge in [0.15, 0.2) is 0 Å². The van der Waals surface area contributed by atoms with Crippen LogP contribution in [0.5, 0.6) is 0 Å². The van der Waals surface area contributed by atoms with Crippen molar-refractivity contribution in [3.63, 3.8) is 0 Å². The number of nitrogens with zero attached hydrogens (tertiary/aromatic N) is 1. The summed E-state index contributed by atoms with van der Waals surface area (Å²) in [7, 11) is 0. The summed E-state index contributed by atoms with van der Waals surface area (Å²) >= 11 is 0. The van der Waals surface area contributed by atoms with Gasteiger partial charge >= 0.3 is 0 Å². The van der Waals surface area contributed by atoms with E-state index in [9.17, 15) is 0 Å². The van der Waals surface area contributed by atoms with Crippen LogP contribution in [0.3, 0.4) is 0 Å². The van der Waals surface area contributed by atoms with Gasteiger partial charge in [-0.1, -0.05) is 39.8 Å². The first kappa shape index (κ1) is 13.4. The zero-order valence-electron chi connectivity index (χ0n) is 12.1. The van der Waals surface area contributed by atoms with Crippen LogP contribution in [0.15, 0.2) is 18.2 Å². The summed E-state index contributed by atoms with van der Waals surface area (Å²) < 4.78 is 0. The quantitative estimate of drug-likeness (QED) is 0.824. The fourth-order valence-electron chi connectivity index (χ4n) is 3.13. The minimum absolute atomic E-state index is 0.742. The van der Waals surface area contributed by atoms with Gasteiger partial charge in [-0.05, 0) is 34.9 Å². The first-order chi connectivity index (χ1) is 8.49. The average Bonchev–Trinajstić information content (AvgIpc) is 2.69. The van der Waals surface area contributed by atoms with Crippen molar-refractivity contribution < 1.29 is 0 Å². The third-order valence-corrected chi connectivity index (χ3v) is 4.27. The van der Waals surface area contributed by atoms with E-state index in [0.29, 0.717) is 0 Å². The van der Waals surface area contributed by atoms with E-state index < -0.39 is 0 Å². The van der Waals surface area contributed by atoms with Crippen molar-refractivity contribution >= 4 is 5.69 Å². The van der Waals surface area contributed by atoms with Crippen molar-refractivity contribution in [3.8, 4) is 0 Å². The van der Waals surface area contributed by atoms with E-state index in [2.05, 4.69) is 44.7 Å². The number of rotatable bonds is 4. The maximum Gasteiger partial charge on any atom is 0.0363 e. The van der Waals surface area contributed by atoms with E-state index in [0.717, 1.165) is 36.5 Å². The Morgan fingerprint density at radius 2 is 1.78 bits per heavy atom. The highest BCUT2D eigenvalue weighted by atomic mass is 15.1. The zero-order chi connectivity index (χ0) is 13.3. The third kappa shape index (κ3) is 2.69. The highest BCUT2D eigenvalue weighted by Crippen LogP contribution is 2.30. The predicted octanol–water partition coefficient (Wildman–Crippen LogP) is 3.51. The van der Waals surface area contributed by atoms with E-state index >= 15 is 0 Å². The van der Waals surface area contributed by atoms with Gasteiger partial charge in [-0.15, -0.1) is 0 Å². The van der Waals surface area contributed by atoms with Crippen LogP contribution in [0.1, 0.15) is 38.8 Å². The van der Waals surface area contributed by atoms with Gasteiger partial charge in [0.25, 0.3) is 0 Å². The van der Waals surface area contributed by atoms with Crippen molar-refractivity contribution in [1.29, 1.82) is 0 Å². The molecule has 100 valence electrons. The third-order valence-electron chi connectivity index (χ3n) is 4.27. The van der Waals surface area contributed by atoms with Gasteiger partial charge < -0.3 is 5.73 Å². The van der Waals surface area contributed by atoms with Crippen LogP contribution < -0.4 is 5.73 Å². The normalized spacial score (nSPS) is 15.9. The number of hydrogen-bond donors (Lipinski definition) is 1. The van der Waals surface area contributed by atoms with Crippen LogP contribution in [0, 0.1) is 17.8 Å². The molecule has 1 aromatic rings. The minimum Gasteiger partial charge on any atom is -0.398 e.